The summed E-state index contributed by atoms with van der Waals surface area (Å²) in [4.78, 5) is 11.6. The summed E-state index contributed by atoms with van der Waals surface area (Å²) in [6, 6.07) is 6.93. The van der Waals surface area contributed by atoms with E-state index in [0.717, 1.165) is 36.2 Å². The molecule has 292 valence electrons. The summed E-state index contributed by atoms with van der Waals surface area (Å²) < 4.78 is 44.2. The van der Waals surface area contributed by atoms with E-state index in [1.807, 2.05) is 25.6 Å². The van der Waals surface area contributed by atoms with Crippen molar-refractivity contribution in [1.82, 2.24) is 0 Å². The summed E-state index contributed by atoms with van der Waals surface area (Å²) in [5, 5.41) is 0. The Hall–Kier alpha value is -1.12. The molecule has 0 amide bonds. The number of carbonyl (C=O) groups is 1. The van der Waals surface area contributed by atoms with Crippen molar-refractivity contribution in [1.29, 1.82) is 0 Å². The van der Waals surface area contributed by atoms with Gasteiger partial charge in [-0.1, -0.05) is 91.3 Å². The summed E-state index contributed by atoms with van der Waals surface area (Å²) in [7, 11) is -0.290. The molecule has 1 heterocycles. The third-order valence-electron chi connectivity index (χ3n) is 12.7. The topological polar surface area (TPSA) is 44.8 Å². The van der Waals surface area contributed by atoms with E-state index >= 15 is 0 Å². The molecule has 1 saturated heterocycles. The molecule has 1 aliphatic heterocycles. The molecule has 1 aromatic carbocycles. The minimum absolute atomic E-state index is 0.0184. The average Bonchev–Trinajstić information content (AvgIpc) is 3.54. The van der Waals surface area contributed by atoms with Crippen molar-refractivity contribution >= 4 is 30.3 Å². The molecule has 5 unspecified atom stereocenters. The lowest BCUT2D eigenvalue weighted by atomic mass is 9.55. The second-order valence-electron chi connectivity index (χ2n) is 16.7. The van der Waals surface area contributed by atoms with Gasteiger partial charge < -0.3 is 14.0 Å². The lowest BCUT2D eigenvalue weighted by Gasteiger charge is -2.50. The molecule has 5 rings (SSSR count). The van der Waals surface area contributed by atoms with Crippen LogP contribution < -0.4 is 5.46 Å². The molecule has 0 bridgehead atoms. The summed E-state index contributed by atoms with van der Waals surface area (Å²) >= 11 is 1.84. The molecule has 1 aromatic rings. The molecule has 0 radical (unpaired) electrons. The maximum atomic E-state index is 12.9. The van der Waals surface area contributed by atoms with Gasteiger partial charge in [-0.3, -0.25) is 4.79 Å². The zero-order chi connectivity index (χ0) is 37.9. The van der Waals surface area contributed by atoms with Crippen molar-refractivity contribution in [2.45, 2.75) is 201 Å². The number of carbonyl (C=O) groups excluding carboxylic acids is 1. The third-order valence-corrected chi connectivity index (χ3v) is 13.9. The fourth-order valence-electron chi connectivity index (χ4n) is 8.95. The number of alkyl halides is 2. The number of rotatable bonds is 15. The fraction of sp³-hybridized carbons (Fsp3) is 0.837. The minimum atomic E-state index is -2.43. The Balaban J connectivity index is 0.000000303. The van der Waals surface area contributed by atoms with Crippen LogP contribution in [-0.2, 0) is 25.3 Å². The maximum Gasteiger partial charge on any atom is 0.494 e. The average molecular weight is 735 g/mol. The van der Waals surface area contributed by atoms with Crippen molar-refractivity contribution in [2.24, 2.45) is 17.3 Å². The van der Waals surface area contributed by atoms with Crippen LogP contribution in [-0.4, -0.2) is 47.8 Å². The fourth-order valence-corrected chi connectivity index (χ4v) is 9.91. The molecule has 2 saturated carbocycles. The summed E-state index contributed by atoms with van der Waals surface area (Å²) in [6.45, 7) is 20.2. The summed E-state index contributed by atoms with van der Waals surface area (Å²) in [5.74, 6) is 1.47. The van der Waals surface area contributed by atoms with Gasteiger partial charge in [-0.15, -0.1) is 0 Å². The largest absolute Gasteiger partial charge is 0.494 e. The molecule has 8 heteroatoms. The Morgan fingerprint density at radius 2 is 1.53 bits per heavy atom. The van der Waals surface area contributed by atoms with Gasteiger partial charge >= 0.3 is 13.1 Å². The number of unbranched alkanes of at least 4 members (excludes halogenated alkanes) is 6. The van der Waals surface area contributed by atoms with Crippen LogP contribution in [0.1, 0.15) is 183 Å². The van der Waals surface area contributed by atoms with Crippen LogP contribution in [0.5, 0.6) is 0 Å². The minimum Gasteiger partial charge on any atom is -0.462 e. The number of fused-ring (bicyclic) bond motifs is 5. The van der Waals surface area contributed by atoms with Crippen LogP contribution in [0.4, 0.5) is 8.78 Å². The predicted octanol–water partition coefficient (Wildman–Crippen LogP) is 12.1. The molecule has 3 aliphatic carbocycles. The second-order valence-corrected chi connectivity index (χ2v) is 18.0. The Bertz CT molecular complexity index is 1190. The van der Waals surface area contributed by atoms with E-state index in [4.69, 9.17) is 14.0 Å². The Labute approximate surface area is 316 Å². The molecule has 5 atom stereocenters. The maximum absolute atomic E-state index is 12.9. The van der Waals surface area contributed by atoms with E-state index in [-0.39, 0.29) is 48.7 Å². The molecule has 0 N–H and O–H groups in total. The van der Waals surface area contributed by atoms with Crippen molar-refractivity contribution in [3.63, 3.8) is 0 Å². The predicted molar refractivity (Wildman–Crippen MR) is 213 cm³/mol. The van der Waals surface area contributed by atoms with E-state index in [9.17, 15) is 13.6 Å². The summed E-state index contributed by atoms with van der Waals surface area (Å²) in [5.41, 5.74) is 3.68. The van der Waals surface area contributed by atoms with Crippen LogP contribution in [0.15, 0.2) is 18.2 Å². The third kappa shape index (κ3) is 11.7. The van der Waals surface area contributed by atoms with Gasteiger partial charge in [0.15, 0.2) is 0 Å². The van der Waals surface area contributed by atoms with Gasteiger partial charge in [-0.2, -0.15) is 11.8 Å². The van der Waals surface area contributed by atoms with Crippen molar-refractivity contribution in [3.05, 3.63) is 29.3 Å². The molecule has 51 heavy (non-hydrogen) atoms. The van der Waals surface area contributed by atoms with Crippen LogP contribution in [0.3, 0.4) is 0 Å². The number of hydrogen-bond donors (Lipinski definition) is 0. The number of aryl methyl sites for hydroxylation is 1. The number of ether oxygens (including phenoxy) is 1. The second kappa shape index (κ2) is 20.0. The Kier molecular flexibility index (Phi) is 17.4. The van der Waals surface area contributed by atoms with Crippen molar-refractivity contribution in [2.75, 3.05) is 11.5 Å². The lowest BCUT2D eigenvalue weighted by Crippen LogP contribution is -2.45. The molecular formula is C43H73BF2O4S. The number of esters is 1. The molecule has 3 fully saturated rings. The lowest BCUT2D eigenvalue weighted by molar-refractivity contribution is -0.154. The molecule has 0 spiro atoms. The Morgan fingerprint density at radius 3 is 2.16 bits per heavy atom. The van der Waals surface area contributed by atoms with Crippen molar-refractivity contribution < 1.29 is 27.6 Å². The number of halogens is 2. The van der Waals surface area contributed by atoms with E-state index < -0.39 is 5.92 Å². The van der Waals surface area contributed by atoms with Crippen LogP contribution >= 0.6 is 11.8 Å². The molecule has 0 aromatic heterocycles. The monoisotopic (exact) mass is 735 g/mol. The highest BCUT2D eigenvalue weighted by Gasteiger charge is 2.56. The summed E-state index contributed by atoms with van der Waals surface area (Å²) in [6.07, 6.45) is 17.0. The van der Waals surface area contributed by atoms with Gasteiger partial charge in [-0.05, 0) is 125 Å². The zero-order valence-electron chi connectivity index (χ0n) is 34.1. The highest BCUT2D eigenvalue weighted by Crippen LogP contribution is 2.61. The van der Waals surface area contributed by atoms with Crippen LogP contribution in [0.25, 0.3) is 0 Å². The normalized spacial score (nSPS) is 27.3. The number of benzene rings is 1. The van der Waals surface area contributed by atoms with Crippen LogP contribution in [0.2, 0.25) is 0 Å². The quantitative estimate of drug-likeness (QED) is 0.102. The SMILES string of the molecule is CC.CC(=O)OC1CCC2C3CCc4cc(B5OC(C)(C)C(C)(C)O5)ccc4C3CCC12C.CCCCCCCCCSCCCC(F)(F)CC. The molecular weight excluding hydrogens is 661 g/mol. The van der Waals surface area contributed by atoms with E-state index in [2.05, 4.69) is 59.7 Å². The first-order chi connectivity index (χ1) is 24.1. The highest BCUT2D eigenvalue weighted by atomic mass is 32.2. The van der Waals surface area contributed by atoms with Gasteiger partial charge in [0.25, 0.3) is 0 Å². The Morgan fingerprint density at radius 1 is 0.902 bits per heavy atom. The number of thioether (sulfide) groups is 1. The van der Waals surface area contributed by atoms with Crippen molar-refractivity contribution in [3.8, 4) is 0 Å². The first-order valence-electron chi connectivity index (χ1n) is 20.7. The van der Waals surface area contributed by atoms with Gasteiger partial charge in [-0.25, -0.2) is 8.78 Å². The van der Waals surface area contributed by atoms with E-state index in [0.29, 0.717) is 24.2 Å². The van der Waals surface area contributed by atoms with E-state index in [1.165, 1.54) is 75.3 Å². The standard InChI is InChI=1S/C26H37BO4.C15H30F2S.C2H6/c1-16(28)29-23-12-11-22-21-9-7-17-15-18(27-30-24(2,3)25(4,5)31-27)8-10-19(17)20(21)13-14-26(22,23)6;1-3-5-6-7-8-9-10-13-18-14-11-12-15(16,17)4-2;1-2/h8,10,15,20-23H,7,9,11-14H2,1-6H3;3-14H2,1-2H3;1-2H3. The van der Waals surface area contributed by atoms with Gasteiger partial charge in [0.05, 0.1) is 11.2 Å². The first kappa shape index (κ1) is 44.3. The van der Waals surface area contributed by atoms with Gasteiger partial charge in [0, 0.05) is 25.2 Å². The number of hydrogen-bond acceptors (Lipinski definition) is 5. The highest BCUT2D eigenvalue weighted by molar-refractivity contribution is 7.99. The zero-order valence-corrected chi connectivity index (χ0v) is 35.0. The van der Waals surface area contributed by atoms with Gasteiger partial charge in [0.2, 0.25) is 5.92 Å². The smallest absolute Gasteiger partial charge is 0.462 e. The van der Waals surface area contributed by atoms with Crippen LogP contribution in [0, 0.1) is 17.3 Å². The molecule has 4 nitrogen and oxygen atoms in total. The molecule has 4 aliphatic rings. The van der Waals surface area contributed by atoms with E-state index in [1.54, 1.807) is 13.8 Å². The first-order valence-corrected chi connectivity index (χ1v) is 21.9. The van der Waals surface area contributed by atoms with Gasteiger partial charge in [0.1, 0.15) is 6.10 Å².